The Bertz CT molecular complexity index is 861. The number of nitrogens with one attached hydrogen (secondary N) is 2. The van der Waals surface area contributed by atoms with Gasteiger partial charge in [-0.15, -0.1) is 0 Å². The van der Waals surface area contributed by atoms with E-state index in [4.69, 9.17) is 4.74 Å². The van der Waals surface area contributed by atoms with Crippen LogP contribution in [-0.4, -0.2) is 27.7 Å². The second-order valence-electron chi connectivity index (χ2n) is 5.87. The molecule has 0 radical (unpaired) electrons. The summed E-state index contributed by atoms with van der Waals surface area (Å²) in [5.41, 5.74) is 2.57. The van der Waals surface area contributed by atoms with Gasteiger partial charge >= 0.3 is 0 Å². The van der Waals surface area contributed by atoms with Crippen molar-refractivity contribution in [3.8, 4) is 5.75 Å². The summed E-state index contributed by atoms with van der Waals surface area (Å²) in [5.74, 6) is 0.532. The Morgan fingerprint density at radius 1 is 1.12 bits per heavy atom. The van der Waals surface area contributed by atoms with Gasteiger partial charge in [-0.3, -0.25) is 9.52 Å². The van der Waals surface area contributed by atoms with E-state index in [0.29, 0.717) is 16.8 Å². The van der Waals surface area contributed by atoms with Crippen molar-refractivity contribution >= 4 is 21.6 Å². The van der Waals surface area contributed by atoms with Gasteiger partial charge in [0.1, 0.15) is 5.75 Å². The summed E-state index contributed by atoms with van der Waals surface area (Å²) in [6.45, 7) is 3.64. The van der Waals surface area contributed by atoms with Gasteiger partial charge in [0.25, 0.3) is 5.91 Å². The van der Waals surface area contributed by atoms with Crippen LogP contribution in [0.3, 0.4) is 0 Å². The van der Waals surface area contributed by atoms with Crippen LogP contribution < -0.4 is 14.8 Å². The molecule has 2 aromatic rings. The number of amides is 1. The highest BCUT2D eigenvalue weighted by molar-refractivity contribution is 7.92. The second-order valence-corrected chi connectivity index (χ2v) is 7.62. The van der Waals surface area contributed by atoms with E-state index < -0.39 is 10.0 Å². The van der Waals surface area contributed by atoms with Gasteiger partial charge in [0.15, 0.2) is 0 Å². The summed E-state index contributed by atoms with van der Waals surface area (Å²) < 4.78 is 30.2. The van der Waals surface area contributed by atoms with Gasteiger partial charge in [0.05, 0.1) is 25.1 Å². The van der Waals surface area contributed by atoms with Crippen LogP contribution in [0.5, 0.6) is 5.75 Å². The van der Waals surface area contributed by atoms with Gasteiger partial charge in [-0.1, -0.05) is 12.1 Å². The Kier molecular flexibility index (Phi) is 5.69. The molecule has 0 spiro atoms. The summed E-state index contributed by atoms with van der Waals surface area (Å²) in [5, 5.41) is 2.93. The fraction of sp³-hybridized carbons (Fsp3) is 0.278. The molecular formula is C18H22N2O4S. The molecule has 2 N–H and O–H groups in total. The van der Waals surface area contributed by atoms with Crippen LogP contribution in [0, 0.1) is 6.92 Å². The van der Waals surface area contributed by atoms with Crippen molar-refractivity contribution in [3.63, 3.8) is 0 Å². The minimum atomic E-state index is -3.35. The number of hydrogen-bond donors (Lipinski definition) is 2. The first-order valence-corrected chi connectivity index (χ1v) is 9.62. The zero-order chi connectivity index (χ0) is 18.6. The molecule has 0 aliphatic rings. The van der Waals surface area contributed by atoms with Crippen LogP contribution in [0.2, 0.25) is 0 Å². The van der Waals surface area contributed by atoms with Gasteiger partial charge in [0.2, 0.25) is 10.0 Å². The van der Waals surface area contributed by atoms with Crippen molar-refractivity contribution in [2.75, 3.05) is 18.1 Å². The maximum absolute atomic E-state index is 12.4. The molecule has 0 bridgehead atoms. The van der Waals surface area contributed by atoms with Crippen molar-refractivity contribution < 1.29 is 17.9 Å². The first-order valence-electron chi connectivity index (χ1n) is 7.73. The lowest BCUT2D eigenvalue weighted by Gasteiger charge is -2.16. The molecular weight excluding hydrogens is 340 g/mol. The summed E-state index contributed by atoms with van der Waals surface area (Å²) >= 11 is 0. The zero-order valence-electron chi connectivity index (χ0n) is 14.7. The van der Waals surface area contributed by atoms with E-state index in [1.807, 2.05) is 31.2 Å². The minimum Gasteiger partial charge on any atom is -0.497 e. The van der Waals surface area contributed by atoms with E-state index in [1.54, 1.807) is 32.2 Å². The summed E-state index contributed by atoms with van der Waals surface area (Å²) in [6.07, 6.45) is 1.09. The molecule has 0 saturated carbocycles. The molecule has 6 nitrogen and oxygen atoms in total. The minimum absolute atomic E-state index is 0.174. The zero-order valence-corrected chi connectivity index (χ0v) is 15.5. The van der Waals surface area contributed by atoms with Gasteiger partial charge < -0.3 is 10.1 Å². The summed E-state index contributed by atoms with van der Waals surface area (Å²) in [4.78, 5) is 12.4. The Hall–Kier alpha value is -2.54. The molecule has 2 aromatic carbocycles. The van der Waals surface area contributed by atoms with Gasteiger partial charge in [-0.05, 0) is 55.3 Å². The lowest BCUT2D eigenvalue weighted by atomic mass is 10.1. The second kappa shape index (κ2) is 7.57. The predicted octanol–water partition coefficient (Wildman–Crippen LogP) is 2.87. The highest BCUT2D eigenvalue weighted by atomic mass is 32.2. The van der Waals surface area contributed by atoms with Crippen molar-refractivity contribution in [3.05, 3.63) is 59.2 Å². The molecule has 0 aromatic heterocycles. The molecule has 1 amide bonds. The first kappa shape index (κ1) is 18.8. The molecule has 134 valence electrons. The monoisotopic (exact) mass is 362 g/mol. The van der Waals surface area contributed by atoms with Gasteiger partial charge in [0, 0.05) is 5.56 Å². The number of rotatable bonds is 6. The third-order valence-electron chi connectivity index (χ3n) is 3.75. The van der Waals surface area contributed by atoms with E-state index in [-0.39, 0.29) is 11.9 Å². The number of methoxy groups -OCH3 is 1. The van der Waals surface area contributed by atoms with Crippen LogP contribution in [0.4, 0.5) is 5.69 Å². The summed E-state index contributed by atoms with van der Waals surface area (Å²) in [6, 6.07) is 12.1. The average Bonchev–Trinajstić information content (AvgIpc) is 2.55. The summed E-state index contributed by atoms with van der Waals surface area (Å²) in [7, 11) is -1.75. The SMILES string of the molecule is COc1ccc(C(C)NC(=O)c2ccc(NS(C)(=O)=O)c(C)c2)cc1. The molecule has 0 aliphatic carbocycles. The van der Waals surface area contributed by atoms with Crippen LogP contribution in [0.15, 0.2) is 42.5 Å². The Morgan fingerprint density at radius 2 is 1.76 bits per heavy atom. The predicted molar refractivity (Wildman–Crippen MR) is 98.5 cm³/mol. The molecule has 0 saturated heterocycles. The smallest absolute Gasteiger partial charge is 0.251 e. The Morgan fingerprint density at radius 3 is 2.28 bits per heavy atom. The maximum atomic E-state index is 12.4. The largest absolute Gasteiger partial charge is 0.497 e. The molecule has 0 heterocycles. The van der Waals surface area contributed by atoms with Gasteiger partial charge in [-0.25, -0.2) is 8.42 Å². The number of carbonyl (C=O) groups excluding carboxylic acids is 1. The van der Waals surface area contributed by atoms with E-state index in [9.17, 15) is 13.2 Å². The molecule has 1 unspecified atom stereocenters. The number of hydrogen-bond acceptors (Lipinski definition) is 4. The molecule has 7 heteroatoms. The Labute approximate surface area is 148 Å². The number of benzene rings is 2. The molecule has 0 aliphatic heterocycles. The number of anilines is 1. The molecule has 1 atom stereocenters. The number of ether oxygens (including phenoxy) is 1. The molecule has 25 heavy (non-hydrogen) atoms. The van der Waals surface area contributed by atoms with Crippen molar-refractivity contribution in [2.24, 2.45) is 0 Å². The van der Waals surface area contributed by atoms with E-state index >= 15 is 0 Å². The fourth-order valence-electron chi connectivity index (χ4n) is 2.38. The number of sulfonamides is 1. The van der Waals surface area contributed by atoms with Crippen LogP contribution in [-0.2, 0) is 10.0 Å². The highest BCUT2D eigenvalue weighted by Crippen LogP contribution is 2.20. The van der Waals surface area contributed by atoms with Gasteiger partial charge in [-0.2, -0.15) is 0 Å². The fourth-order valence-corrected chi connectivity index (χ4v) is 3.00. The standard InChI is InChI=1S/C18H22N2O4S/c1-12-11-15(7-10-17(12)20-25(4,22)23)18(21)19-13(2)14-5-8-16(24-3)9-6-14/h5-11,13,20H,1-4H3,(H,19,21). The van der Waals surface area contributed by atoms with E-state index in [0.717, 1.165) is 17.6 Å². The van der Waals surface area contributed by atoms with Crippen molar-refractivity contribution in [2.45, 2.75) is 19.9 Å². The maximum Gasteiger partial charge on any atom is 0.251 e. The number of aryl methyl sites for hydroxylation is 1. The van der Waals surface area contributed by atoms with Crippen LogP contribution in [0.25, 0.3) is 0 Å². The van der Waals surface area contributed by atoms with E-state index in [2.05, 4.69) is 10.0 Å². The van der Waals surface area contributed by atoms with Crippen LogP contribution >= 0.6 is 0 Å². The molecule has 0 fully saturated rings. The molecule has 2 rings (SSSR count). The highest BCUT2D eigenvalue weighted by Gasteiger charge is 2.13. The third kappa shape index (κ3) is 5.22. The van der Waals surface area contributed by atoms with E-state index in [1.165, 1.54) is 0 Å². The topological polar surface area (TPSA) is 84.5 Å². The Balaban J connectivity index is 2.10. The third-order valence-corrected chi connectivity index (χ3v) is 4.34. The first-order chi connectivity index (χ1) is 11.7. The quantitative estimate of drug-likeness (QED) is 0.827. The normalized spacial score (nSPS) is 12.3. The van der Waals surface area contributed by atoms with Crippen molar-refractivity contribution in [1.29, 1.82) is 0 Å². The average molecular weight is 362 g/mol. The lowest BCUT2D eigenvalue weighted by molar-refractivity contribution is 0.0940. The van der Waals surface area contributed by atoms with Crippen molar-refractivity contribution in [1.82, 2.24) is 5.32 Å². The van der Waals surface area contributed by atoms with Crippen LogP contribution in [0.1, 0.15) is 34.5 Å². The number of carbonyl (C=O) groups is 1. The lowest BCUT2D eigenvalue weighted by Crippen LogP contribution is -2.26.